The van der Waals surface area contributed by atoms with Crippen molar-refractivity contribution in [2.24, 2.45) is 0 Å². The first kappa shape index (κ1) is 13.1. The molecule has 0 saturated heterocycles. The number of nitrogens with zero attached hydrogens (tertiary/aromatic N) is 2. The average Bonchev–Trinajstić information content (AvgIpc) is 2.41. The summed E-state index contributed by atoms with van der Waals surface area (Å²) in [6, 6.07) is 14.4. The fraction of sp³-hybridized carbons (Fsp3) is 0.0714. The molecule has 2 aromatic rings. The van der Waals surface area contributed by atoms with Crippen LogP contribution in [0.25, 0.3) is 0 Å². The number of nitro groups is 1. The molecule has 0 saturated carbocycles. The number of rotatable bonds is 3. The van der Waals surface area contributed by atoms with Gasteiger partial charge in [-0.15, -0.1) is 0 Å². The zero-order chi connectivity index (χ0) is 13.8. The second-order valence-corrected chi connectivity index (χ2v) is 5.11. The first-order valence-electron chi connectivity index (χ1n) is 5.53. The van der Waals surface area contributed by atoms with Crippen molar-refractivity contribution < 1.29 is 4.92 Å². The summed E-state index contributed by atoms with van der Waals surface area (Å²) in [5.74, 6) is 0. The smallest absolute Gasteiger partial charge is 0.258 e. The van der Waals surface area contributed by atoms with E-state index in [4.69, 9.17) is 5.26 Å². The van der Waals surface area contributed by atoms with Crippen LogP contribution < -0.4 is 0 Å². The minimum absolute atomic E-state index is 0.0853. The van der Waals surface area contributed by atoms with Gasteiger partial charge in [-0.25, -0.2) is 0 Å². The lowest BCUT2D eigenvalue weighted by Crippen LogP contribution is -1.92. The van der Waals surface area contributed by atoms with Gasteiger partial charge in [-0.3, -0.25) is 10.1 Å². The van der Waals surface area contributed by atoms with Gasteiger partial charge in [0.25, 0.3) is 5.69 Å². The molecule has 0 radical (unpaired) electrons. The summed E-state index contributed by atoms with van der Waals surface area (Å²) in [6.07, 6.45) is 0. The Kier molecular flexibility index (Phi) is 3.83. The Labute approximate surface area is 114 Å². The highest BCUT2D eigenvalue weighted by molar-refractivity contribution is 7.99. The quantitative estimate of drug-likeness (QED) is 0.626. The fourth-order valence-corrected chi connectivity index (χ4v) is 2.43. The third kappa shape index (κ3) is 3.12. The van der Waals surface area contributed by atoms with Crippen LogP contribution >= 0.6 is 11.8 Å². The number of nitriles is 1. The maximum absolute atomic E-state index is 10.7. The van der Waals surface area contributed by atoms with Gasteiger partial charge in [-0.05, 0) is 31.2 Å². The van der Waals surface area contributed by atoms with Gasteiger partial charge in [0.15, 0.2) is 0 Å². The second kappa shape index (κ2) is 5.55. The van der Waals surface area contributed by atoms with Crippen molar-refractivity contribution in [2.45, 2.75) is 16.7 Å². The summed E-state index contributed by atoms with van der Waals surface area (Å²) in [6.45, 7) is 2.01. The minimum Gasteiger partial charge on any atom is -0.258 e. The molecule has 0 aliphatic carbocycles. The van der Waals surface area contributed by atoms with E-state index in [0.717, 1.165) is 9.79 Å². The summed E-state index contributed by atoms with van der Waals surface area (Å²) in [4.78, 5) is 12.0. The Hall–Kier alpha value is -2.32. The van der Waals surface area contributed by atoms with E-state index in [1.54, 1.807) is 12.1 Å². The molecule has 2 rings (SSSR count). The van der Waals surface area contributed by atoms with Gasteiger partial charge in [-0.2, -0.15) is 5.26 Å². The summed E-state index contributed by atoms with van der Waals surface area (Å²) in [7, 11) is 0. The molecule has 0 amide bonds. The highest BCUT2D eigenvalue weighted by Gasteiger charge is 2.13. The van der Waals surface area contributed by atoms with E-state index >= 15 is 0 Å². The molecular formula is C14H10N2O2S. The van der Waals surface area contributed by atoms with Crippen molar-refractivity contribution >= 4 is 17.4 Å². The lowest BCUT2D eigenvalue weighted by molar-refractivity contribution is -0.385. The molecule has 0 atom stereocenters. The minimum atomic E-state index is -0.543. The SMILES string of the molecule is Cc1ccc(Sc2ccc([N+](=O)[O-])c(C#N)c2)cc1. The highest BCUT2D eigenvalue weighted by Crippen LogP contribution is 2.31. The summed E-state index contributed by atoms with van der Waals surface area (Å²) >= 11 is 1.47. The molecule has 4 nitrogen and oxygen atoms in total. The van der Waals surface area contributed by atoms with Crippen LogP contribution in [0.4, 0.5) is 5.69 Å². The molecule has 94 valence electrons. The van der Waals surface area contributed by atoms with Gasteiger partial charge in [-0.1, -0.05) is 29.5 Å². The third-order valence-corrected chi connectivity index (χ3v) is 3.54. The van der Waals surface area contributed by atoms with E-state index in [0.29, 0.717) is 0 Å². The monoisotopic (exact) mass is 270 g/mol. The van der Waals surface area contributed by atoms with E-state index in [1.807, 2.05) is 37.3 Å². The van der Waals surface area contributed by atoms with Gasteiger partial charge in [0.05, 0.1) is 4.92 Å². The van der Waals surface area contributed by atoms with E-state index < -0.39 is 4.92 Å². The summed E-state index contributed by atoms with van der Waals surface area (Å²) in [5, 5.41) is 19.7. The van der Waals surface area contributed by atoms with Gasteiger partial charge in [0.2, 0.25) is 0 Å². The van der Waals surface area contributed by atoms with Crippen molar-refractivity contribution in [3.8, 4) is 6.07 Å². The first-order chi connectivity index (χ1) is 9.10. The predicted molar refractivity (Wildman–Crippen MR) is 73.1 cm³/mol. The van der Waals surface area contributed by atoms with Crippen LogP contribution in [0, 0.1) is 28.4 Å². The zero-order valence-electron chi connectivity index (χ0n) is 10.2. The molecule has 0 heterocycles. The maximum atomic E-state index is 10.7. The number of aryl methyl sites for hydroxylation is 1. The van der Waals surface area contributed by atoms with Gasteiger partial charge in [0.1, 0.15) is 11.6 Å². The van der Waals surface area contributed by atoms with Crippen LogP contribution in [0.15, 0.2) is 52.3 Å². The Morgan fingerprint density at radius 2 is 1.79 bits per heavy atom. The molecule has 0 unspecified atom stereocenters. The van der Waals surface area contributed by atoms with Gasteiger partial charge < -0.3 is 0 Å². The molecule has 0 spiro atoms. The van der Waals surface area contributed by atoms with Crippen molar-refractivity contribution in [3.05, 3.63) is 63.7 Å². The molecule has 0 aromatic heterocycles. The van der Waals surface area contributed by atoms with Crippen molar-refractivity contribution in [3.63, 3.8) is 0 Å². The Morgan fingerprint density at radius 1 is 1.16 bits per heavy atom. The normalized spacial score (nSPS) is 9.89. The molecule has 2 aromatic carbocycles. The summed E-state index contributed by atoms with van der Waals surface area (Å²) in [5.41, 5.74) is 1.10. The van der Waals surface area contributed by atoms with Gasteiger partial charge >= 0.3 is 0 Å². The molecule has 19 heavy (non-hydrogen) atoms. The van der Waals surface area contributed by atoms with Crippen LogP contribution in [0.5, 0.6) is 0 Å². The standard InChI is InChI=1S/C14H10N2O2S/c1-10-2-4-12(5-3-10)19-13-6-7-14(16(17)18)11(8-13)9-15/h2-8H,1H3. The van der Waals surface area contributed by atoms with Crippen molar-refractivity contribution in [1.29, 1.82) is 5.26 Å². The van der Waals surface area contributed by atoms with Crippen molar-refractivity contribution in [1.82, 2.24) is 0 Å². The zero-order valence-corrected chi connectivity index (χ0v) is 11.0. The molecular weight excluding hydrogens is 260 g/mol. The third-order valence-electron chi connectivity index (χ3n) is 2.54. The molecule has 0 bridgehead atoms. The molecule has 0 aliphatic rings. The second-order valence-electron chi connectivity index (χ2n) is 3.96. The first-order valence-corrected chi connectivity index (χ1v) is 6.35. The van der Waals surface area contributed by atoms with Crippen molar-refractivity contribution in [2.75, 3.05) is 0 Å². The number of hydrogen-bond donors (Lipinski definition) is 0. The number of hydrogen-bond acceptors (Lipinski definition) is 4. The van der Waals surface area contributed by atoms with E-state index in [9.17, 15) is 10.1 Å². The molecule has 0 fully saturated rings. The van der Waals surface area contributed by atoms with Crippen LogP contribution in [-0.2, 0) is 0 Å². The van der Waals surface area contributed by atoms with Crippen LogP contribution in [-0.4, -0.2) is 4.92 Å². The van der Waals surface area contributed by atoms with E-state index in [2.05, 4.69) is 0 Å². The molecule has 5 heteroatoms. The predicted octanol–water partition coefficient (Wildman–Crippen LogP) is 3.93. The van der Waals surface area contributed by atoms with Crippen LogP contribution in [0.1, 0.15) is 11.1 Å². The maximum Gasteiger partial charge on any atom is 0.287 e. The van der Waals surface area contributed by atoms with Crippen LogP contribution in [0.3, 0.4) is 0 Å². The largest absolute Gasteiger partial charge is 0.287 e. The lowest BCUT2D eigenvalue weighted by atomic mass is 10.2. The Balaban J connectivity index is 2.29. The van der Waals surface area contributed by atoms with E-state index in [1.165, 1.54) is 23.4 Å². The molecule has 0 aliphatic heterocycles. The lowest BCUT2D eigenvalue weighted by Gasteiger charge is -2.03. The van der Waals surface area contributed by atoms with Gasteiger partial charge in [0, 0.05) is 15.9 Å². The van der Waals surface area contributed by atoms with Crippen LogP contribution in [0.2, 0.25) is 0 Å². The average molecular weight is 270 g/mol. The Bertz CT molecular complexity index is 660. The fourth-order valence-electron chi connectivity index (χ4n) is 1.57. The topological polar surface area (TPSA) is 66.9 Å². The number of nitro benzene ring substituents is 1. The highest BCUT2D eigenvalue weighted by atomic mass is 32.2. The number of benzene rings is 2. The molecule has 0 N–H and O–H groups in total. The summed E-state index contributed by atoms with van der Waals surface area (Å²) < 4.78 is 0. The van der Waals surface area contributed by atoms with E-state index in [-0.39, 0.29) is 11.3 Å². The Morgan fingerprint density at radius 3 is 2.37 bits per heavy atom.